The number of hydrogen-bond donors (Lipinski definition) is 0. The van der Waals surface area contributed by atoms with Gasteiger partial charge in [0.05, 0.1) is 50.4 Å². The van der Waals surface area contributed by atoms with E-state index in [0.717, 1.165) is 56.8 Å². The van der Waals surface area contributed by atoms with E-state index >= 15 is 0 Å². The molecule has 8 heterocycles. The van der Waals surface area contributed by atoms with Gasteiger partial charge in [-0.05, 0) is 83.0 Å². The normalized spacial score (nSPS) is 28.9. The van der Waals surface area contributed by atoms with Gasteiger partial charge in [0.25, 0.3) is 0 Å². The molecular weight excluding hydrogens is 761 g/mol. The number of piperidine rings is 6. The summed E-state index contributed by atoms with van der Waals surface area (Å²) in [4.78, 5) is 9.51. The Bertz CT molecular complexity index is 2390. The minimum Gasteiger partial charge on any atom is -0.363 e. The van der Waals surface area contributed by atoms with Gasteiger partial charge in [0, 0.05) is 71.8 Å². The van der Waals surface area contributed by atoms with Crippen molar-refractivity contribution in [1.82, 2.24) is 9.97 Å². The predicted octanol–water partition coefficient (Wildman–Crippen LogP) is 12.1. The molecule has 0 spiro atoms. The maximum Gasteiger partial charge on any atom is 0.135 e. The van der Waals surface area contributed by atoms with Crippen LogP contribution in [0.2, 0.25) is 0 Å². The average Bonchev–Trinajstić information content (AvgIpc) is 3.32. The molecule has 0 amide bonds. The average molecular weight is 827 g/mol. The van der Waals surface area contributed by atoms with E-state index in [1.807, 2.05) is 24.5 Å². The summed E-state index contributed by atoms with van der Waals surface area (Å²) >= 11 is 0. The second-order valence-electron chi connectivity index (χ2n) is 19.5. The quantitative estimate of drug-likeness (QED) is 0.0720. The van der Waals surface area contributed by atoms with Crippen molar-refractivity contribution in [3.8, 4) is 0 Å². The molecule has 12 rings (SSSR count). The van der Waals surface area contributed by atoms with E-state index < -0.39 is 0 Å². The van der Waals surface area contributed by atoms with E-state index in [0.29, 0.717) is 25.3 Å². The van der Waals surface area contributed by atoms with Crippen LogP contribution in [0.4, 0.5) is 0 Å². The van der Waals surface area contributed by atoms with Gasteiger partial charge in [-0.25, -0.2) is 0 Å². The van der Waals surface area contributed by atoms with Crippen molar-refractivity contribution in [2.45, 2.75) is 89.8 Å². The number of fused-ring (bicyclic) bond motifs is 9. The Morgan fingerprint density at radius 1 is 0.613 bits per heavy atom. The van der Waals surface area contributed by atoms with Gasteiger partial charge in [-0.2, -0.15) is 0 Å². The van der Waals surface area contributed by atoms with Crippen LogP contribution in [-0.4, -0.2) is 70.4 Å². The number of hydrogen-bond acceptors (Lipinski definition) is 4. The van der Waals surface area contributed by atoms with E-state index in [2.05, 4.69) is 124 Å². The fourth-order valence-electron chi connectivity index (χ4n) is 13.5. The number of benzene rings is 4. The Kier molecular flexibility index (Phi) is 11.6. The number of pyridine rings is 2. The molecule has 0 saturated carbocycles. The number of para-hydroxylation sites is 2. The summed E-state index contributed by atoms with van der Waals surface area (Å²) in [6.45, 7) is 20.9. The summed E-state index contributed by atoms with van der Waals surface area (Å²) in [5, 5.41) is 5.10. The molecule has 320 valence electrons. The summed E-state index contributed by atoms with van der Waals surface area (Å²) in [6, 6.07) is 37.1. The molecule has 6 fully saturated rings. The highest BCUT2D eigenvalue weighted by molar-refractivity contribution is 5.84. The Morgan fingerprint density at radius 2 is 1.08 bits per heavy atom. The van der Waals surface area contributed by atoms with Crippen LogP contribution < -0.4 is 0 Å². The molecule has 2 aromatic heterocycles. The summed E-state index contributed by atoms with van der Waals surface area (Å²) in [5.41, 5.74) is 7.51. The zero-order valence-electron chi connectivity index (χ0n) is 37.1. The van der Waals surface area contributed by atoms with Crippen molar-refractivity contribution in [3.63, 3.8) is 0 Å². The molecule has 6 aliphatic rings. The van der Waals surface area contributed by atoms with Crippen molar-refractivity contribution in [3.05, 3.63) is 157 Å². The number of ether oxygens (including phenoxy) is 2. The van der Waals surface area contributed by atoms with Gasteiger partial charge >= 0.3 is 0 Å². The molecule has 0 N–H and O–H groups in total. The molecule has 6 heteroatoms. The molecule has 6 saturated heterocycles. The molecule has 0 radical (unpaired) electrons. The van der Waals surface area contributed by atoms with Crippen LogP contribution in [-0.2, 0) is 22.6 Å². The van der Waals surface area contributed by atoms with E-state index in [1.54, 1.807) is 0 Å². The second kappa shape index (κ2) is 17.4. The van der Waals surface area contributed by atoms with Gasteiger partial charge in [-0.1, -0.05) is 86.7 Å². The highest BCUT2D eigenvalue weighted by Crippen LogP contribution is 2.51. The number of quaternary nitrogens is 2. The molecule has 10 atom stereocenters. The monoisotopic (exact) mass is 827 g/mol. The first-order chi connectivity index (χ1) is 30.4. The number of rotatable bonds is 16. The lowest BCUT2D eigenvalue weighted by atomic mass is 9.70. The van der Waals surface area contributed by atoms with Crippen LogP contribution in [0.15, 0.2) is 135 Å². The van der Waals surface area contributed by atoms with E-state index in [-0.39, 0.29) is 12.2 Å². The first-order valence-electron chi connectivity index (χ1n) is 23.8. The van der Waals surface area contributed by atoms with Crippen LogP contribution in [0.1, 0.15) is 86.8 Å². The smallest absolute Gasteiger partial charge is 0.135 e. The topological polar surface area (TPSA) is 44.2 Å². The van der Waals surface area contributed by atoms with Crippen LogP contribution >= 0.6 is 0 Å². The van der Waals surface area contributed by atoms with Gasteiger partial charge in [0.15, 0.2) is 0 Å². The van der Waals surface area contributed by atoms with Crippen LogP contribution in [0.3, 0.4) is 0 Å². The molecule has 0 unspecified atom stereocenters. The Labute approximate surface area is 369 Å². The number of aromatic nitrogens is 2. The molecule has 6 nitrogen and oxygen atoms in total. The minimum absolute atomic E-state index is 0.0273. The Morgan fingerprint density at radius 3 is 1.53 bits per heavy atom. The maximum atomic E-state index is 6.92. The van der Waals surface area contributed by atoms with Crippen LogP contribution in [0.5, 0.6) is 0 Å². The minimum atomic E-state index is -0.0273. The summed E-state index contributed by atoms with van der Waals surface area (Å²) in [5.74, 6) is 2.98. The standard InChI is InChI=1S/C56H66N4O2/c1-5-29-61-55(49-21-25-57-51-15-11-9-13-47(49)51)53-33-44-23-27-59(53,37-41(44)7-3)35-39-17-19-43-20-18-40(32-46(43)31-39)36-60-28-24-45(42(8-4)38-60)34-54(60)56(62-30-6-2)50-22-26-58-52-16-12-10-14-48(50)52/h5-6,9-22,25-26,31-32,41-42,44-45,53-56H,1-2,7-8,23-24,27-30,33-38H2,3-4H3/q+2/t41-,42-,44-,45-,53+,54+,55+,56+,59+,60+/m0/s1. The lowest BCUT2D eigenvalue weighted by Gasteiger charge is -2.59. The van der Waals surface area contributed by atoms with Gasteiger partial charge in [-0.3, -0.25) is 9.97 Å². The first kappa shape index (κ1) is 41.3. The lowest BCUT2D eigenvalue weighted by molar-refractivity contribution is -0.986. The molecule has 4 bridgehead atoms. The van der Waals surface area contributed by atoms with Gasteiger partial charge in [0.2, 0.25) is 0 Å². The second-order valence-corrected chi connectivity index (χ2v) is 19.5. The molecule has 0 aliphatic carbocycles. The molecular formula is C56H66N4O2+2. The zero-order valence-corrected chi connectivity index (χ0v) is 37.1. The summed E-state index contributed by atoms with van der Waals surface area (Å²) in [6.07, 6.45) is 15.2. The fourth-order valence-corrected chi connectivity index (χ4v) is 13.5. The summed E-state index contributed by atoms with van der Waals surface area (Å²) < 4.78 is 16.0. The third-order valence-corrected chi connectivity index (χ3v) is 16.4. The first-order valence-corrected chi connectivity index (χ1v) is 23.8. The lowest BCUT2D eigenvalue weighted by Crippen LogP contribution is -2.68. The Hall–Kier alpha value is -4.72. The van der Waals surface area contributed by atoms with Crippen molar-refractivity contribution >= 4 is 32.6 Å². The van der Waals surface area contributed by atoms with Gasteiger partial charge < -0.3 is 18.4 Å². The maximum absolute atomic E-state index is 6.92. The highest BCUT2D eigenvalue weighted by Gasteiger charge is 2.56. The predicted molar refractivity (Wildman–Crippen MR) is 253 cm³/mol. The molecule has 6 aliphatic heterocycles. The third-order valence-electron chi connectivity index (χ3n) is 16.4. The summed E-state index contributed by atoms with van der Waals surface area (Å²) in [7, 11) is 0. The third kappa shape index (κ3) is 7.51. The number of nitrogens with zero attached hydrogens (tertiary/aromatic N) is 4. The van der Waals surface area contributed by atoms with Crippen LogP contribution in [0.25, 0.3) is 32.6 Å². The van der Waals surface area contributed by atoms with Crippen molar-refractivity contribution < 1.29 is 18.4 Å². The van der Waals surface area contributed by atoms with Gasteiger partial charge in [0.1, 0.15) is 37.4 Å². The van der Waals surface area contributed by atoms with E-state index in [4.69, 9.17) is 19.4 Å². The molecule has 62 heavy (non-hydrogen) atoms. The van der Waals surface area contributed by atoms with E-state index in [9.17, 15) is 0 Å². The highest BCUT2D eigenvalue weighted by atomic mass is 16.5. The van der Waals surface area contributed by atoms with Crippen molar-refractivity contribution in [1.29, 1.82) is 0 Å². The van der Waals surface area contributed by atoms with Crippen molar-refractivity contribution in [2.75, 3.05) is 39.4 Å². The molecule has 6 aromatic rings. The zero-order chi connectivity index (χ0) is 42.3. The Balaban J connectivity index is 0.995. The van der Waals surface area contributed by atoms with E-state index in [1.165, 1.54) is 109 Å². The SMILES string of the molecule is C=CCO[C@H](c1ccnc2ccccc12)[C@H]1C[C@@H]2CC[N@@+]1(Cc1ccc3ccc(C[N@@+]45CC[C@@H](C[C@@H]4[C@H](OCC=C)c4ccnc6ccccc46)[C@@H](CC)C5)cc3c1)C[C@@H]2CC. The fraction of sp³-hybridized carbons (Fsp3) is 0.429. The van der Waals surface area contributed by atoms with Crippen LogP contribution in [0, 0.1) is 23.7 Å². The molecule has 4 aromatic carbocycles. The van der Waals surface area contributed by atoms with Crippen molar-refractivity contribution in [2.24, 2.45) is 23.7 Å². The van der Waals surface area contributed by atoms with Gasteiger partial charge in [-0.15, -0.1) is 13.2 Å². The largest absolute Gasteiger partial charge is 0.363 e.